The molecule has 96 valence electrons. The summed E-state index contributed by atoms with van der Waals surface area (Å²) in [6.07, 6.45) is 5.51. The third-order valence-corrected chi connectivity index (χ3v) is 4.16. The van der Waals surface area contributed by atoms with Gasteiger partial charge in [-0.2, -0.15) is 0 Å². The summed E-state index contributed by atoms with van der Waals surface area (Å²) in [5.74, 6) is 0. The Bertz CT molecular complexity index is 464. The molecule has 0 spiro atoms. The molecule has 1 heterocycles. The molecule has 2 rings (SSSR count). The lowest BCUT2D eigenvalue weighted by molar-refractivity contribution is 0.534. The largest absolute Gasteiger partial charge is 0.312 e. The van der Waals surface area contributed by atoms with Crippen molar-refractivity contribution in [1.82, 2.24) is 10.3 Å². The molecule has 2 nitrogen and oxygen atoms in total. The predicted molar refractivity (Wildman–Crippen MR) is 78.0 cm³/mol. The Hall–Kier alpha value is -1.19. The van der Waals surface area contributed by atoms with E-state index in [0.717, 1.165) is 17.8 Å². The number of thiazole rings is 1. The van der Waals surface area contributed by atoms with Crippen LogP contribution in [0, 0.1) is 6.92 Å². The standard InChI is InChI=1S/C15H20N2S/c1-12-17-11-15(18-12)14(16-2)10-6-9-13-7-4-3-5-8-13/h3-5,7-8,11,14,16H,6,9-10H2,1-2H3. The van der Waals surface area contributed by atoms with Crippen LogP contribution in [0.3, 0.4) is 0 Å². The topological polar surface area (TPSA) is 24.9 Å². The molecule has 1 N–H and O–H groups in total. The third kappa shape index (κ3) is 3.65. The number of benzene rings is 1. The van der Waals surface area contributed by atoms with Crippen molar-refractivity contribution < 1.29 is 0 Å². The van der Waals surface area contributed by atoms with Crippen molar-refractivity contribution in [3.05, 3.63) is 52.0 Å². The van der Waals surface area contributed by atoms with Crippen LogP contribution >= 0.6 is 11.3 Å². The molecule has 1 atom stereocenters. The first-order valence-electron chi connectivity index (χ1n) is 6.43. The van der Waals surface area contributed by atoms with Gasteiger partial charge < -0.3 is 5.32 Å². The minimum Gasteiger partial charge on any atom is -0.312 e. The van der Waals surface area contributed by atoms with Gasteiger partial charge in [0, 0.05) is 17.1 Å². The molecule has 1 unspecified atom stereocenters. The van der Waals surface area contributed by atoms with E-state index in [4.69, 9.17) is 0 Å². The molecular weight excluding hydrogens is 240 g/mol. The van der Waals surface area contributed by atoms with Gasteiger partial charge in [0.2, 0.25) is 0 Å². The Morgan fingerprint density at radius 3 is 2.67 bits per heavy atom. The Kier molecular flexibility index (Phi) is 4.90. The van der Waals surface area contributed by atoms with Crippen LogP contribution < -0.4 is 5.32 Å². The van der Waals surface area contributed by atoms with Gasteiger partial charge in [0.05, 0.1) is 5.01 Å². The van der Waals surface area contributed by atoms with Gasteiger partial charge >= 0.3 is 0 Å². The lowest BCUT2D eigenvalue weighted by Gasteiger charge is -2.13. The molecular formula is C15H20N2S. The highest BCUT2D eigenvalue weighted by molar-refractivity contribution is 7.11. The van der Waals surface area contributed by atoms with Gasteiger partial charge in [0.1, 0.15) is 0 Å². The maximum atomic E-state index is 4.33. The Morgan fingerprint density at radius 2 is 2.06 bits per heavy atom. The Balaban J connectivity index is 1.85. The molecule has 0 radical (unpaired) electrons. The molecule has 0 amide bonds. The van der Waals surface area contributed by atoms with Gasteiger partial charge in [-0.25, -0.2) is 4.98 Å². The highest BCUT2D eigenvalue weighted by Gasteiger charge is 2.11. The van der Waals surface area contributed by atoms with Crippen molar-refractivity contribution in [2.24, 2.45) is 0 Å². The van der Waals surface area contributed by atoms with Crippen LogP contribution in [0.5, 0.6) is 0 Å². The molecule has 3 heteroatoms. The van der Waals surface area contributed by atoms with Crippen LogP contribution in [-0.4, -0.2) is 12.0 Å². The predicted octanol–water partition coefficient (Wildman–Crippen LogP) is 3.73. The molecule has 0 saturated carbocycles. The molecule has 0 fully saturated rings. The Morgan fingerprint density at radius 1 is 1.28 bits per heavy atom. The molecule has 2 aromatic rings. The lowest BCUT2D eigenvalue weighted by Crippen LogP contribution is -2.15. The summed E-state index contributed by atoms with van der Waals surface area (Å²) in [5, 5.41) is 4.53. The highest BCUT2D eigenvalue weighted by atomic mass is 32.1. The summed E-state index contributed by atoms with van der Waals surface area (Å²) in [4.78, 5) is 5.68. The summed E-state index contributed by atoms with van der Waals surface area (Å²) >= 11 is 1.79. The van der Waals surface area contributed by atoms with Crippen molar-refractivity contribution in [2.75, 3.05) is 7.05 Å². The first-order valence-corrected chi connectivity index (χ1v) is 7.25. The van der Waals surface area contributed by atoms with Crippen molar-refractivity contribution in [3.63, 3.8) is 0 Å². The van der Waals surface area contributed by atoms with Crippen molar-refractivity contribution in [2.45, 2.75) is 32.2 Å². The van der Waals surface area contributed by atoms with Crippen LogP contribution in [0.15, 0.2) is 36.5 Å². The van der Waals surface area contributed by atoms with Crippen LogP contribution in [0.4, 0.5) is 0 Å². The summed E-state index contributed by atoms with van der Waals surface area (Å²) in [6.45, 7) is 2.06. The number of nitrogens with zero attached hydrogens (tertiary/aromatic N) is 1. The van der Waals surface area contributed by atoms with E-state index in [1.54, 1.807) is 11.3 Å². The van der Waals surface area contributed by atoms with E-state index in [2.05, 4.69) is 47.6 Å². The molecule has 0 aliphatic heterocycles. The van der Waals surface area contributed by atoms with Gasteiger partial charge in [-0.3, -0.25) is 0 Å². The van der Waals surface area contributed by atoms with Gasteiger partial charge in [-0.05, 0) is 38.8 Å². The number of hydrogen-bond donors (Lipinski definition) is 1. The van der Waals surface area contributed by atoms with E-state index < -0.39 is 0 Å². The number of aryl methyl sites for hydroxylation is 2. The van der Waals surface area contributed by atoms with Crippen molar-refractivity contribution >= 4 is 11.3 Å². The van der Waals surface area contributed by atoms with E-state index in [-0.39, 0.29) is 0 Å². The fraction of sp³-hybridized carbons (Fsp3) is 0.400. The Labute approximate surface area is 113 Å². The monoisotopic (exact) mass is 260 g/mol. The average molecular weight is 260 g/mol. The minimum absolute atomic E-state index is 0.444. The number of nitrogens with one attached hydrogen (secondary N) is 1. The van der Waals surface area contributed by atoms with E-state index in [0.29, 0.717) is 6.04 Å². The number of hydrogen-bond acceptors (Lipinski definition) is 3. The minimum atomic E-state index is 0.444. The maximum Gasteiger partial charge on any atom is 0.0897 e. The molecule has 0 bridgehead atoms. The number of rotatable bonds is 6. The maximum absolute atomic E-state index is 4.33. The summed E-state index contributed by atoms with van der Waals surface area (Å²) in [5.41, 5.74) is 1.42. The SMILES string of the molecule is CNC(CCCc1ccccc1)c1cnc(C)s1. The van der Waals surface area contributed by atoms with Crippen LogP contribution in [0.1, 0.15) is 34.3 Å². The van der Waals surface area contributed by atoms with E-state index in [1.165, 1.54) is 16.9 Å². The summed E-state index contributed by atoms with van der Waals surface area (Å²) in [7, 11) is 2.03. The lowest BCUT2D eigenvalue weighted by atomic mass is 10.0. The van der Waals surface area contributed by atoms with Gasteiger partial charge in [-0.1, -0.05) is 30.3 Å². The second-order valence-corrected chi connectivity index (χ2v) is 5.77. The van der Waals surface area contributed by atoms with Crippen LogP contribution in [0.25, 0.3) is 0 Å². The summed E-state index contributed by atoms with van der Waals surface area (Å²) < 4.78 is 0. The fourth-order valence-electron chi connectivity index (χ4n) is 2.12. The highest BCUT2D eigenvalue weighted by Crippen LogP contribution is 2.24. The molecule has 0 aliphatic rings. The normalized spacial score (nSPS) is 12.6. The number of aromatic nitrogens is 1. The fourth-order valence-corrected chi connectivity index (χ4v) is 3.05. The van der Waals surface area contributed by atoms with Crippen molar-refractivity contribution in [3.8, 4) is 0 Å². The average Bonchev–Trinajstić information content (AvgIpc) is 2.82. The van der Waals surface area contributed by atoms with E-state index in [1.807, 2.05) is 13.2 Å². The molecule has 0 aliphatic carbocycles. The smallest absolute Gasteiger partial charge is 0.0897 e. The molecule has 1 aromatic carbocycles. The van der Waals surface area contributed by atoms with Crippen molar-refractivity contribution in [1.29, 1.82) is 0 Å². The van der Waals surface area contributed by atoms with Gasteiger partial charge in [0.25, 0.3) is 0 Å². The van der Waals surface area contributed by atoms with Crippen LogP contribution in [-0.2, 0) is 6.42 Å². The van der Waals surface area contributed by atoms with Crippen LogP contribution in [0.2, 0.25) is 0 Å². The second-order valence-electron chi connectivity index (χ2n) is 4.50. The first kappa shape index (κ1) is 13.2. The molecule has 0 saturated heterocycles. The zero-order chi connectivity index (χ0) is 12.8. The molecule has 1 aromatic heterocycles. The second kappa shape index (κ2) is 6.66. The van der Waals surface area contributed by atoms with Gasteiger partial charge in [0.15, 0.2) is 0 Å². The molecule has 18 heavy (non-hydrogen) atoms. The van der Waals surface area contributed by atoms with Gasteiger partial charge in [-0.15, -0.1) is 11.3 Å². The zero-order valence-corrected chi connectivity index (χ0v) is 11.8. The third-order valence-electron chi connectivity index (χ3n) is 3.13. The van der Waals surface area contributed by atoms with E-state index >= 15 is 0 Å². The van der Waals surface area contributed by atoms with E-state index in [9.17, 15) is 0 Å². The first-order chi connectivity index (χ1) is 8.79. The summed E-state index contributed by atoms with van der Waals surface area (Å²) in [6, 6.07) is 11.1. The zero-order valence-electron chi connectivity index (χ0n) is 11.0. The quantitative estimate of drug-likeness (QED) is 0.856.